The van der Waals surface area contributed by atoms with Gasteiger partial charge in [0.15, 0.2) is 0 Å². The Balaban J connectivity index is 1.42. The number of nitrogens with zero attached hydrogens (tertiary/aromatic N) is 3. The minimum absolute atomic E-state index is 0.0106. The number of aromatic nitrogens is 1. The maximum Gasteiger partial charge on any atom is 0.411 e. The summed E-state index contributed by atoms with van der Waals surface area (Å²) in [5.74, 6) is 0.264. The van der Waals surface area contributed by atoms with E-state index in [2.05, 4.69) is 16.3 Å². The van der Waals surface area contributed by atoms with Crippen molar-refractivity contribution < 1.29 is 37.0 Å². The van der Waals surface area contributed by atoms with Crippen LogP contribution in [0.25, 0.3) is 10.9 Å². The number of nitrogens with one attached hydrogen (secondary N) is 1. The van der Waals surface area contributed by atoms with Crippen LogP contribution >= 0.6 is 0 Å². The molecule has 2 aliphatic carbocycles. The van der Waals surface area contributed by atoms with E-state index in [-0.39, 0.29) is 18.9 Å². The number of methoxy groups -OCH3 is 1. The summed E-state index contributed by atoms with van der Waals surface area (Å²) in [4.78, 5) is 47.3. The van der Waals surface area contributed by atoms with E-state index in [1.54, 1.807) is 58.4 Å². The largest absolute Gasteiger partial charge is 0.497 e. The second-order valence-corrected chi connectivity index (χ2v) is 13.8. The maximum atomic E-state index is 14.1. The first kappa shape index (κ1) is 29.6. The second kappa shape index (κ2) is 11.1. The number of likely N-dealkylation sites (tertiary alicyclic amines) is 1. The van der Waals surface area contributed by atoms with Crippen molar-refractivity contribution in [1.82, 2.24) is 19.5 Å². The molecule has 1 aliphatic heterocycles. The van der Waals surface area contributed by atoms with Crippen LogP contribution in [0.1, 0.15) is 46.5 Å². The predicted molar refractivity (Wildman–Crippen MR) is 153 cm³/mol. The number of rotatable bonds is 8. The van der Waals surface area contributed by atoms with Crippen LogP contribution in [-0.2, 0) is 19.6 Å². The van der Waals surface area contributed by atoms with Crippen LogP contribution in [0, 0.1) is 5.92 Å². The highest BCUT2D eigenvalue weighted by molar-refractivity contribution is 7.90. The van der Waals surface area contributed by atoms with Gasteiger partial charge in [-0.1, -0.05) is 6.08 Å². The fourth-order valence-corrected chi connectivity index (χ4v) is 6.37. The standard InChI is InChI=1S/C29H36N4O8S/c1-6-17-13-23(17)33(27(35)31-42(37,38)20-8-9-20)26(34)24-15-19(16-32(24)28(36)41-29(2,3)4)40-25-11-12-30-22-14-18(39-5)7-10-21(22)25/h6-7,10-12,14,17,19-20,23-24H,1,8-9,13,15-16H2,2-5H3,(H,31,35). The summed E-state index contributed by atoms with van der Waals surface area (Å²) < 4.78 is 44.4. The van der Waals surface area contributed by atoms with Crippen LogP contribution in [0.4, 0.5) is 9.59 Å². The molecule has 1 aromatic carbocycles. The molecule has 2 heterocycles. The van der Waals surface area contributed by atoms with Gasteiger partial charge in [0.25, 0.3) is 5.91 Å². The van der Waals surface area contributed by atoms with Crippen molar-refractivity contribution in [2.75, 3.05) is 13.7 Å². The Hall–Kier alpha value is -3.87. The SMILES string of the molecule is C=CC1CC1N(C(=O)NS(=O)(=O)C1CC1)C(=O)C1CC(Oc2ccnc3cc(OC)ccc23)CN1C(=O)OC(C)(C)C. The van der Waals surface area contributed by atoms with Crippen LogP contribution in [0.15, 0.2) is 43.1 Å². The third kappa shape index (κ3) is 6.30. The van der Waals surface area contributed by atoms with Crippen molar-refractivity contribution >= 4 is 39.0 Å². The first-order valence-corrected chi connectivity index (χ1v) is 15.5. The molecule has 3 fully saturated rings. The van der Waals surface area contributed by atoms with E-state index in [4.69, 9.17) is 14.2 Å². The summed E-state index contributed by atoms with van der Waals surface area (Å²) in [6.07, 6.45) is 3.28. The third-order valence-electron chi connectivity index (χ3n) is 7.47. The second-order valence-electron chi connectivity index (χ2n) is 11.9. The first-order chi connectivity index (χ1) is 19.8. The summed E-state index contributed by atoms with van der Waals surface area (Å²) >= 11 is 0. The van der Waals surface area contributed by atoms with Gasteiger partial charge >= 0.3 is 12.1 Å². The molecule has 42 heavy (non-hydrogen) atoms. The highest BCUT2D eigenvalue weighted by atomic mass is 32.2. The number of pyridine rings is 1. The monoisotopic (exact) mass is 600 g/mol. The van der Waals surface area contributed by atoms with E-state index >= 15 is 0 Å². The highest BCUT2D eigenvalue weighted by Gasteiger charge is 2.52. The summed E-state index contributed by atoms with van der Waals surface area (Å²) in [6.45, 7) is 8.91. The van der Waals surface area contributed by atoms with Gasteiger partial charge in [-0.05, 0) is 64.2 Å². The molecule has 0 radical (unpaired) electrons. The molecular weight excluding hydrogens is 564 g/mol. The van der Waals surface area contributed by atoms with Crippen molar-refractivity contribution in [3.63, 3.8) is 0 Å². The lowest BCUT2D eigenvalue weighted by Gasteiger charge is -2.30. The number of amides is 4. The molecular formula is C29H36N4O8S. The number of sulfonamides is 1. The van der Waals surface area contributed by atoms with Gasteiger partial charge in [-0.2, -0.15) is 0 Å². The van der Waals surface area contributed by atoms with Crippen molar-refractivity contribution in [3.8, 4) is 11.5 Å². The Morgan fingerprint density at radius 2 is 1.90 bits per heavy atom. The van der Waals surface area contributed by atoms with Crippen molar-refractivity contribution in [2.24, 2.45) is 5.92 Å². The molecule has 1 aromatic heterocycles. The molecule has 1 N–H and O–H groups in total. The summed E-state index contributed by atoms with van der Waals surface area (Å²) in [7, 11) is -2.35. The van der Waals surface area contributed by atoms with E-state index in [9.17, 15) is 22.8 Å². The van der Waals surface area contributed by atoms with Crippen molar-refractivity contribution in [3.05, 3.63) is 43.1 Å². The lowest BCUT2D eigenvalue weighted by Crippen LogP contribution is -2.55. The third-order valence-corrected chi connectivity index (χ3v) is 9.28. The zero-order valence-electron chi connectivity index (χ0n) is 24.1. The summed E-state index contributed by atoms with van der Waals surface area (Å²) in [5.41, 5.74) is -0.200. The van der Waals surface area contributed by atoms with Gasteiger partial charge in [0.1, 0.15) is 29.2 Å². The number of ether oxygens (including phenoxy) is 3. The lowest BCUT2D eigenvalue weighted by molar-refractivity contribution is -0.133. The van der Waals surface area contributed by atoms with Crippen LogP contribution in [0.3, 0.4) is 0 Å². The molecule has 3 aliphatic rings. The molecule has 2 saturated carbocycles. The van der Waals surface area contributed by atoms with Crippen LogP contribution < -0.4 is 14.2 Å². The Morgan fingerprint density at radius 1 is 1.17 bits per heavy atom. The Kier molecular flexibility index (Phi) is 7.82. The number of hydrogen-bond donors (Lipinski definition) is 1. The van der Waals surface area contributed by atoms with Gasteiger partial charge in [-0.15, -0.1) is 6.58 Å². The van der Waals surface area contributed by atoms with E-state index in [1.807, 2.05) is 6.07 Å². The Labute approximate surface area is 245 Å². The molecule has 1 saturated heterocycles. The molecule has 5 rings (SSSR count). The molecule has 13 heteroatoms. The summed E-state index contributed by atoms with van der Waals surface area (Å²) in [6, 6.07) is 4.35. The molecule has 226 valence electrons. The molecule has 4 atom stereocenters. The summed E-state index contributed by atoms with van der Waals surface area (Å²) in [5, 5.41) is 0.0699. The quantitative estimate of drug-likeness (QED) is 0.449. The van der Waals surface area contributed by atoms with Gasteiger partial charge in [-0.25, -0.2) is 22.7 Å². The van der Waals surface area contributed by atoms with E-state index < -0.39 is 57.1 Å². The minimum Gasteiger partial charge on any atom is -0.497 e. The molecule has 0 bridgehead atoms. The normalized spacial score (nSPS) is 23.7. The number of imide groups is 1. The number of carbonyl (C=O) groups excluding carboxylic acids is 3. The Morgan fingerprint density at radius 3 is 2.52 bits per heavy atom. The Bertz CT molecular complexity index is 1520. The van der Waals surface area contributed by atoms with Gasteiger partial charge in [-0.3, -0.25) is 19.6 Å². The zero-order valence-corrected chi connectivity index (χ0v) is 24.9. The minimum atomic E-state index is -3.91. The first-order valence-electron chi connectivity index (χ1n) is 13.9. The molecule has 4 unspecified atom stereocenters. The van der Waals surface area contributed by atoms with E-state index in [0.29, 0.717) is 36.3 Å². The molecule has 4 amide bonds. The topological polar surface area (TPSA) is 144 Å². The van der Waals surface area contributed by atoms with Crippen molar-refractivity contribution in [2.45, 2.75) is 75.5 Å². The highest BCUT2D eigenvalue weighted by Crippen LogP contribution is 2.39. The lowest BCUT2D eigenvalue weighted by atomic mass is 10.1. The van der Waals surface area contributed by atoms with Crippen LogP contribution in [0.5, 0.6) is 11.5 Å². The van der Waals surface area contributed by atoms with E-state index in [1.165, 1.54) is 4.90 Å². The maximum absolute atomic E-state index is 14.1. The van der Waals surface area contributed by atoms with Crippen molar-refractivity contribution in [1.29, 1.82) is 0 Å². The average Bonchev–Trinajstić information content (AvgIpc) is 3.85. The van der Waals surface area contributed by atoms with Gasteiger partial charge < -0.3 is 14.2 Å². The molecule has 12 nitrogen and oxygen atoms in total. The van der Waals surface area contributed by atoms with Crippen LogP contribution in [-0.4, -0.2) is 83.9 Å². The zero-order chi connectivity index (χ0) is 30.4. The predicted octanol–water partition coefficient (Wildman–Crippen LogP) is 3.61. The van der Waals surface area contributed by atoms with Crippen LogP contribution in [0.2, 0.25) is 0 Å². The number of urea groups is 1. The molecule has 0 spiro atoms. The fourth-order valence-electron chi connectivity index (χ4n) is 5.11. The average molecular weight is 601 g/mol. The molecule has 2 aromatic rings. The number of benzene rings is 1. The smallest absolute Gasteiger partial charge is 0.411 e. The number of hydrogen-bond acceptors (Lipinski definition) is 9. The fraction of sp³-hybridized carbons (Fsp3) is 0.517. The van der Waals surface area contributed by atoms with Gasteiger partial charge in [0, 0.05) is 30.1 Å². The number of carbonyl (C=O) groups is 3. The van der Waals surface area contributed by atoms with E-state index in [0.717, 1.165) is 10.3 Å². The number of fused-ring (bicyclic) bond motifs is 1. The van der Waals surface area contributed by atoms with Gasteiger partial charge in [0.2, 0.25) is 10.0 Å². The van der Waals surface area contributed by atoms with Gasteiger partial charge in [0.05, 0.1) is 24.4 Å².